The van der Waals surface area contributed by atoms with Gasteiger partial charge in [0.2, 0.25) is 0 Å². The van der Waals surface area contributed by atoms with Crippen molar-refractivity contribution in [1.29, 1.82) is 5.41 Å². The molecule has 0 fully saturated rings. The Morgan fingerprint density at radius 1 is 1.31 bits per heavy atom. The van der Waals surface area contributed by atoms with Gasteiger partial charge in [0.1, 0.15) is 0 Å². The third-order valence-electron chi connectivity index (χ3n) is 1.83. The summed E-state index contributed by atoms with van der Waals surface area (Å²) in [6.07, 6.45) is 0. The summed E-state index contributed by atoms with van der Waals surface area (Å²) in [6.45, 7) is 0. The number of methoxy groups -OCH3 is 1. The van der Waals surface area contributed by atoms with E-state index in [4.69, 9.17) is 11.1 Å². The van der Waals surface area contributed by atoms with Gasteiger partial charge in [-0.25, -0.2) is 4.79 Å². The largest absolute Gasteiger partial charge is 0.465 e. The van der Waals surface area contributed by atoms with Gasteiger partial charge in [-0.15, -0.1) is 0 Å². The van der Waals surface area contributed by atoms with Crippen molar-refractivity contribution < 1.29 is 14.3 Å². The van der Waals surface area contributed by atoms with Crippen molar-refractivity contribution in [2.45, 2.75) is 0 Å². The monoisotopic (exact) mass is 221 g/mol. The summed E-state index contributed by atoms with van der Waals surface area (Å²) in [5.41, 5.74) is 5.27. The molecule has 0 spiro atoms. The van der Waals surface area contributed by atoms with E-state index < -0.39 is 17.8 Å². The van der Waals surface area contributed by atoms with E-state index in [9.17, 15) is 9.59 Å². The number of carbonyl (C=O) groups is 2. The predicted molar refractivity (Wildman–Crippen MR) is 57.2 cm³/mol. The van der Waals surface area contributed by atoms with Crippen LogP contribution >= 0.6 is 0 Å². The van der Waals surface area contributed by atoms with E-state index in [2.05, 4.69) is 10.1 Å². The fraction of sp³-hybridized carbons (Fsp3) is 0.100. The first-order valence-corrected chi connectivity index (χ1v) is 4.39. The molecular weight excluding hydrogens is 210 g/mol. The molecule has 1 aromatic carbocycles. The summed E-state index contributed by atoms with van der Waals surface area (Å²) in [6, 6.07) is 6.11. The van der Waals surface area contributed by atoms with Gasteiger partial charge in [-0.2, -0.15) is 0 Å². The van der Waals surface area contributed by atoms with Crippen molar-refractivity contribution in [2.24, 2.45) is 5.73 Å². The summed E-state index contributed by atoms with van der Waals surface area (Å²) in [5, 5.41) is 9.02. The molecule has 0 aliphatic carbocycles. The number of hydrogen-bond donors (Lipinski definition) is 3. The fourth-order valence-corrected chi connectivity index (χ4v) is 1.16. The SMILES string of the molecule is COC(=O)c1ccccc1C(=O)NC(=N)N. The highest BCUT2D eigenvalue weighted by molar-refractivity contribution is 6.10. The molecular formula is C10H11N3O3. The van der Waals surface area contributed by atoms with Gasteiger partial charge >= 0.3 is 5.97 Å². The van der Waals surface area contributed by atoms with Crippen LogP contribution in [-0.4, -0.2) is 24.9 Å². The molecule has 4 N–H and O–H groups in total. The van der Waals surface area contributed by atoms with Crippen LogP contribution in [-0.2, 0) is 4.74 Å². The van der Waals surface area contributed by atoms with Crippen LogP contribution < -0.4 is 11.1 Å². The number of esters is 1. The number of guanidine groups is 1. The lowest BCUT2D eigenvalue weighted by molar-refractivity contribution is 0.0596. The Bertz CT molecular complexity index is 443. The number of rotatable bonds is 2. The molecule has 1 amide bonds. The molecule has 0 bridgehead atoms. The van der Waals surface area contributed by atoms with Crippen LogP contribution in [0.1, 0.15) is 20.7 Å². The Morgan fingerprint density at radius 3 is 2.38 bits per heavy atom. The molecule has 16 heavy (non-hydrogen) atoms. The zero-order valence-electron chi connectivity index (χ0n) is 8.61. The summed E-state index contributed by atoms with van der Waals surface area (Å²) in [4.78, 5) is 22.9. The minimum absolute atomic E-state index is 0.115. The summed E-state index contributed by atoms with van der Waals surface area (Å²) in [5.74, 6) is -1.72. The lowest BCUT2D eigenvalue weighted by Gasteiger charge is -2.07. The second-order valence-electron chi connectivity index (χ2n) is 2.90. The lowest BCUT2D eigenvalue weighted by Crippen LogP contribution is -2.36. The van der Waals surface area contributed by atoms with Gasteiger partial charge < -0.3 is 10.5 Å². The van der Waals surface area contributed by atoms with Gasteiger partial charge in [-0.3, -0.25) is 15.5 Å². The normalized spacial score (nSPS) is 9.31. The van der Waals surface area contributed by atoms with Crippen LogP contribution in [0.4, 0.5) is 0 Å². The highest BCUT2D eigenvalue weighted by Crippen LogP contribution is 2.09. The Balaban J connectivity index is 3.08. The third kappa shape index (κ3) is 2.57. The molecule has 0 aliphatic rings. The average molecular weight is 221 g/mol. The minimum Gasteiger partial charge on any atom is -0.465 e. The highest BCUT2D eigenvalue weighted by atomic mass is 16.5. The maximum Gasteiger partial charge on any atom is 0.338 e. The second-order valence-corrected chi connectivity index (χ2v) is 2.90. The van der Waals surface area contributed by atoms with Crippen molar-refractivity contribution in [2.75, 3.05) is 7.11 Å². The van der Waals surface area contributed by atoms with Crippen molar-refractivity contribution in [1.82, 2.24) is 5.32 Å². The molecule has 0 unspecified atom stereocenters. The number of nitrogens with two attached hydrogens (primary N) is 1. The Kier molecular flexibility index (Phi) is 3.60. The summed E-state index contributed by atoms with van der Waals surface area (Å²) >= 11 is 0. The Labute approximate surface area is 91.9 Å². The van der Waals surface area contributed by atoms with Crippen LogP contribution in [0.2, 0.25) is 0 Å². The highest BCUT2D eigenvalue weighted by Gasteiger charge is 2.16. The third-order valence-corrected chi connectivity index (χ3v) is 1.83. The molecule has 0 aromatic heterocycles. The number of amides is 1. The van der Waals surface area contributed by atoms with Crippen molar-refractivity contribution in [3.8, 4) is 0 Å². The van der Waals surface area contributed by atoms with E-state index in [1.54, 1.807) is 12.1 Å². The molecule has 1 rings (SSSR count). The van der Waals surface area contributed by atoms with Crippen molar-refractivity contribution >= 4 is 17.8 Å². The van der Waals surface area contributed by atoms with Crippen LogP contribution in [0, 0.1) is 5.41 Å². The predicted octanol–water partition coefficient (Wildman–Crippen LogP) is 0.0965. The Hall–Kier alpha value is -2.37. The van der Waals surface area contributed by atoms with E-state index in [-0.39, 0.29) is 11.1 Å². The molecule has 1 aromatic rings. The number of benzene rings is 1. The standard InChI is InChI=1S/C10H11N3O3/c1-16-9(15)7-5-3-2-4-6(7)8(14)13-10(11)12/h2-5H,1H3,(H4,11,12,13,14). The van der Waals surface area contributed by atoms with Crippen molar-refractivity contribution in [3.63, 3.8) is 0 Å². The smallest absolute Gasteiger partial charge is 0.338 e. The minimum atomic E-state index is -0.617. The van der Waals surface area contributed by atoms with Gasteiger partial charge in [0.15, 0.2) is 5.96 Å². The van der Waals surface area contributed by atoms with Gasteiger partial charge in [-0.1, -0.05) is 12.1 Å². The number of nitrogens with one attached hydrogen (secondary N) is 2. The van der Waals surface area contributed by atoms with Crippen LogP contribution in [0.25, 0.3) is 0 Å². The molecule has 6 heteroatoms. The van der Waals surface area contributed by atoms with E-state index in [1.165, 1.54) is 19.2 Å². The van der Waals surface area contributed by atoms with Crippen LogP contribution in [0.15, 0.2) is 24.3 Å². The van der Waals surface area contributed by atoms with Gasteiger partial charge in [0.25, 0.3) is 5.91 Å². The molecule has 84 valence electrons. The quantitative estimate of drug-likeness (QED) is 0.374. The molecule has 0 saturated carbocycles. The summed E-state index contributed by atoms with van der Waals surface area (Å²) < 4.78 is 4.53. The first kappa shape index (κ1) is 11.7. The maximum absolute atomic E-state index is 11.6. The average Bonchev–Trinajstić information content (AvgIpc) is 2.27. The summed E-state index contributed by atoms with van der Waals surface area (Å²) in [7, 11) is 1.22. The topological polar surface area (TPSA) is 105 Å². The zero-order valence-corrected chi connectivity index (χ0v) is 8.61. The van der Waals surface area contributed by atoms with E-state index >= 15 is 0 Å². The first-order chi connectivity index (χ1) is 7.56. The van der Waals surface area contributed by atoms with Crippen LogP contribution in [0.3, 0.4) is 0 Å². The lowest BCUT2D eigenvalue weighted by atomic mass is 10.1. The van der Waals surface area contributed by atoms with Gasteiger partial charge in [0, 0.05) is 0 Å². The van der Waals surface area contributed by atoms with Crippen molar-refractivity contribution in [3.05, 3.63) is 35.4 Å². The van der Waals surface area contributed by atoms with E-state index in [1.807, 2.05) is 0 Å². The van der Waals surface area contributed by atoms with Gasteiger partial charge in [0.05, 0.1) is 18.2 Å². The Morgan fingerprint density at radius 2 is 1.88 bits per heavy atom. The van der Waals surface area contributed by atoms with Gasteiger partial charge in [-0.05, 0) is 12.1 Å². The molecule has 0 aliphatic heterocycles. The number of carbonyl (C=O) groups excluding carboxylic acids is 2. The molecule has 0 saturated heterocycles. The fourth-order valence-electron chi connectivity index (χ4n) is 1.16. The second kappa shape index (κ2) is 4.92. The molecule has 0 radical (unpaired) electrons. The molecule has 0 atom stereocenters. The van der Waals surface area contributed by atoms with Crippen LogP contribution in [0.5, 0.6) is 0 Å². The number of ether oxygens (including phenoxy) is 1. The number of hydrogen-bond acceptors (Lipinski definition) is 4. The first-order valence-electron chi connectivity index (χ1n) is 4.39. The maximum atomic E-state index is 11.6. The van der Waals surface area contributed by atoms with E-state index in [0.29, 0.717) is 0 Å². The molecule has 6 nitrogen and oxygen atoms in total. The molecule has 0 heterocycles. The van der Waals surface area contributed by atoms with E-state index in [0.717, 1.165) is 0 Å². The zero-order chi connectivity index (χ0) is 12.1.